The maximum Gasteiger partial charge on any atom is 0.289 e. The molecule has 11 heteroatoms. The first-order valence-corrected chi connectivity index (χ1v) is 15.1. The molecule has 1 heterocycles. The van der Waals surface area contributed by atoms with Gasteiger partial charge in [0.25, 0.3) is 15.7 Å². The summed E-state index contributed by atoms with van der Waals surface area (Å²) in [7, 11) is -6.27. The van der Waals surface area contributed by atoms with Gasteiger partial charge in [-0.3, -0.25) is 15.0 Å². The van der Waals surface area contributed by atoms with Gasteiger partial charge in [0.1, 0.15) is 0 Å². The van der Waals surface area contributed by atoms with Crippen molar-refractivity contribution in [3.63, 3.8) is 0 Å². The lowest BCUT2D eigenvalue weighted by Crippen LogP contribution is -2.53. The number of sulfonamides is 1. The molecule has 0 bridgehead atoms. The van der Waals surface area contributed by atoms with Crippen LogP contribution in [0.1, 0.15) is 27.7 Å². The molecule has 0 amide bonds. The van der Waals surface area contributed by atoms with Crippen LogP contribution in [0.4, 0.5) is 5.69 Å². The van der Waals surface area contributed by atoms with Gasteiger partial charge in [-0.05, 0) is 31.1 Å². The van der Waals surface area contributed by atoms with Gasteiger partial charge >= 0.3 is 0 Å². The third-order valence-corrected chi connectivity index (χ3v) is 12.4. The van der Waals surface area contributed by atoms with E-state index in [-0.39, 0.29) is 24.2 Å². The van der Waals surface area contributed by atoms with Gasteiger partial charge in [0, 0.05) is 18.7 Å². The highest BCUT2D eigenvalue weighted by Gasteiger charge is 2.40. The van der Waals surface area contributed by atoms with Crippen LogP contribution >= 0.6 is 0 Å². The van der Waals surface area contributed by atoms with Gasteiger partial charge < -0.3 is 9.74 Å². The Balaban J connectivity index is 2.32. The number of para-hydroxylation sites is 1. The molecule has 0 unspecified atom stereocenters. The molecule has 2 atom stereocenters. The van der Waals surface area contributed by atoms with Crippen LogP contribution in [-0.4, -0.2) is 58.0 Å². The molecule has 0 aliphatic carbocycles. The van der Waals surface area contributed by atoms with Crippen LogP contribution in [0.15, 0.2) is 53.5 Å². The number of rotatable bonds is 10. The van der Waals surface area contributed by atoms with Crippen LogP contribution in [0.2, 0.25) is 18.1 Å². The predicted octanol–water partition coefficient (Wildman–Crippen LogP) is 4.01. The van der Waals surface area contributed by atoms with E-state index in [1.165, 1.54) is 24.3 Å². The summed E-state index contributed by atoms with van der Waals surface area (Å²) in [6, 6.07) is 4.48. The number of benzene rings is 1. The minimum Gasteiger partial charge on any atom is -0.415 e. The molecule has 33 heavy (non-hydrogen) atoms. The van der Waals surface area contributed by atoms with Gasteiger partial charge in [-0.1, -0.05) is 55.1 Å². The molecule has 2 rings (SSSR count). The number of nitro benzene ring substituents is 1. The van der Waals surface area contributed by atoms with Crippen LogP contribution in [0, 0.1) is 10.1 Å². The smallest absolute Gasteiger partial charge is 0.289 e. The van der Waals surface area contributed by atoms with E-state index >= 15 is 0 Å². The lowest BCUT2D eigenvalue weighted by atomic mass is 10.0. The SMILES string of the molecule is C=CCON([C@H]1CN[C@H](CO[Si](C)(C)C(C)(C)C)C=C1C)S(=O)(=O)c1ccccc1[N+](=O)[O-]. The van der Waals surface area contributed by atoms with Gasteiger partial charge in [0.05, 0.1) is 24.2 Å². The van der Waals surface area contributed by atoms with Crippen molar-refractivity contribution in [1.82, 2.24) is 9.79 Å². The topological polar surface area (TPSA) is 111 Å². The number of hydroxylamine groups is 1. The molecule has 0 saturated heterocycles. The average molecular weight is 498 g/mol. The molecule has 1 aliphatic heterocycles. The zero-order valence-corrected chi connectivity index (χ0v) is 22.0. The normalized spacial score (nSPS) is 19.9. The van der Waals surface area contributed by atoms with Crippen molar-refractivity contribution in [2.75, 3.05) is 19.8 Å². The maximum atomic E-state index is 13.4. The van der Waals surface area contributed by atoms with Gasteiger partial charge in [0.15, 0.2) is 13.2 Å². The summed E-state index contributed by atoms with van der Waals surface area (Å²) in [4.78, 5) is 15.9. The summed E-state index contributed by atoms with van der Waals surface area (Å²) in [5.41, 5.74) is 0.263. The van der Waals surface area contributed by atoms with E-state index in [2.05, 4.69) is 45.8 Å². The third-order valence-electron chi connectivity index (χ3n) is 6.14. The third kappa shape index (κ3) is 6.37. The molecule has 0 spiro atoms. The Morgan fingerprint density at radius 3 is 2.52 bits per heavy atom. The second-order valence-corrected chi connectivity index (χ2v) is 16.1. The second-order valence-electron chi connectivity index (χ2n) is 9.58. The van der Waals surface area contributed by atoms with Crippen LogP contribution in [-0.2, 0) is 19.3 Å². The standard InChI is InChI=1S/C22H35N3O6SSi/c1-8-13-30-25(32(28,29)21-12-10-9-11-19(21)24(26)27)20-15-23-18(14-17(20)2)16-31-33(6,7)22(3,4)5/h8-12,14,18,20,23H,1,13,15-16H2,2-7H3/t18-,20-/m0/s1. The zero-order chi connectivity index (χ0) is 25.0. The van der Waals surface area contributed by atoms with Crippen molar-refractivity contribution in [1.29, 1.82) is 0 Å². The molecule has 184 valence electrons. The Bertz CT molecular complexity index is 1000. The van der Waals surface area contributed by atoms with E-state index in [4.69, 9.17) is 9.26 Å². The number of nitrogens with zero attached hydrogens (tertiary/aromatic N) is 2. The summed E-state index contributed by atoms with van der Waals surface area (Å²) in [6.07, 6.45) is 3.35. The van der Waals surface area contributed by atoms with E-state index in [1.807, 2.05) is 13.0 Å². The first-order valence-electron chi connectivity index (χ1n) is 10.8. The monoisotopic (exact) mass is 497 g/mol. The number of hydrogen-bond donors (Lipinski definition) is 1. The number of nitrogens with one attached hydrogen (secondary N) is 1. The molecular weight excluding hydrogens is 462 g/mol. The fourth-order valence-corrected chi connectivity index (χ4v) is 5.81. The molecule has 0 aromatic heterocycles. The van der Waals surface area contributed by atoms with Crippen LogP contribution < -0.4 is 5.32 Å². The van der Waals surface area contributed by atoms with Crippen molar-refractivity contribution in [2.24, 2.45) is 0 Å². The average Bonchev–Trinajstić information content (AvgIpc) is 2.72. The lowest BCUT2D eigenvalue weighted by molar-refractivity contribution is -0.387. The first kappa shape index (κ1) is 27.4. The van der Waals surface area contributed by atoms with E-state index in [1.54, 1.807) is 0 Å². The molecular formula is C22H35N3O6SSi. The maximum absolute atomic E-state index is 13.4. The van der Waals surface area contributed by atoms with Crippen molar-refractivity contribution in [3.05, 3.63) is 58.7 Å². The second kappa shape index (κ2) is 10.6. The Morgan fingerprint density at radius 2 is 1.97 bits per heavy atom. The molecule has 1 aromatic carbocycles. The minimum absolute atomic E-state index is 0.0679. The molecule has 9 nitrogen and oxygen atoms in total. The Hall–Kier alpha value is -1.89. The Morgan fingerprint density at radius 1 is 1.33 bits per heavy atom. The molecule has 1 aromatic rings. The fraction of sp³-hybridized carbons (Fsp3) is 0.545. The highest BCUT2D eigenvalue weighted by atomic mass is 32.2. The van der Waals surface area contributed by atoms with Gasteiger partial charge in [0.2, 0.25) is 0 Å². The summed E-state index contributed by atoms with van der Waals surface area (Å²) in [6.45, 7) is 17.0. The number of hydrogen-bond acceptors (Lipinski definition) is 7. The number of nitro groups is 1. The highest BCUT2D eigenvalue weighted by Crippen LogP contribution is 2.37. The first-order chi connectivity index (χ1) is 15.2. The quantitative estimate of drug-likeness (QED) is 0.225. The van der Waals surface area contributed by atoms with Gasteiger partial charge in [-0.2, -0.15) is 0 Å². The van der Waals surface area contributed by atoms with Crippen molar-refractivity contribution < 1.29 is 22.6 Å². The van der Waals surface area contributed by atoms with Gasteiger partial charge in [-0.15, -0.1) is 6.58 Å². The van der Waals surface area contributed by atoms with Crippen LogP contribution in [0.3, 0.4) is 0 Å². The van der Waals surface area contributed by atoms with Crippen LogP contribution in [0.5, 0.6) is 0 Å². The molecule has 1 N–H and O–H groups in total. The largest absolute Gasteiger partial charge is 0.415 e. The molecule has 0 saturated carbocycles. The predicted molar refractivity (Wildman–Crippen MR) is 131 cm³/mol. The molecule has 1 aliphatic rings. The van der Waals surface area contributed by atoms with Crippen molar-refractivity contribution in [3.8, 4) is 0 Å². The van der Waals surface area contributed by atoms with E-state index in [0.717, 1.165) is 16.1 Å². The summed E-state index contributed by atoms with van der Waals surface area (Å²) < 4.78 is 34.0. The fourth-order valence-electron chi connectivity index (χ4n) is 3.15. The highest BCUT2D eigenvalue weighted by molar-refractivity contribution is 7.89. The van der Waals surface area contributed by atoms with E-state index < -0.39 is 39.9 Å². The Kier molecular flexibility index (Phi) is 8.77. The Labute approximate surface area is 197 Å². The molecule has 0 fully saturated rings. The van der Waals surface area contributed by atoms with Crippen molar-refractivity contribution in [2.45, 2.75) is 62.8 Å². The minimum atomic E-state index is -4.34. The molecule has 0 radical (unpaired) electrons. The van der Waals surface area contributed by atoms with Crippen LogP contribution in [0.25, 0.3) is 0 Å². The van der Waals surface area contributed by atoms with E-state index in [0.29, 0.717) is 6.61 Å². The van der Waals surface area contributed by atoms with Gasteiger partial charge in [-0.25, -0.2) is 8.42 Å². The lowest BCUT2D eigenvalue weighted by Gasteiger charge is -2.39. The summed E-state index contributed by atoms with van der Waals surface area (Å²) in [5.74, 6) is 0. The summed E-state index contributed by atoms with van der Waals surface area (Å²) in [5, 5.41) is 14.8. The zero-order valence-electron chi connectivity index (χ0n) is 20.2. The summed E-state index contributed by atoms with van der Waals surface area (Å²) >= 11 is 0. The van der Waals surface area contributed by atoms with E-state index in [9.17, 15) is 18.5 Å². The van der Waals surface area contributed by atoms with Crippen molar-refractivity contribution >= 4 is 24.0 Å².